The Hall–Kier alpha value is -3.72. The summed E-state index contributed by atoms with van der Waals surface area (Å²) < 4.78 is 3.99. The van der Waals surface area contributed by atoms with Crippen molar-refractivity contribution in [3.05, 3.63) is 71.3 Å². The number of thioether (sulfide) groups is 2. The molecule has 0 aliphatic carbocycles. The third kappa shape index (κ3) is 7.47. The molecule has 2 aromatic carbocycles. The summed E-state index contributed by atoms with van der Waals surface area (Å²) in [6.45, 7) is 4.06. The Morgan fingerprint density at radius 1 is 0.725 bits per heavy atom. The molecule has 0 radical (unpaired) electrons. The molecular weight excluding hydrogens is 548 g/mol. The first-order chi connectivity index (χ1) is 19.4. The molecule has 2 heterocycles. The fraction of sp³-hybridized carbons (Fsp3) is 0.308. The molecule has 0 atom stereocenters. The summed E-state index contributed by atoms with van der Waals surface area (Å²) in [5, 5.41) is 18.9. The lowest BCUT2D eigenvalue weighted by Gasteiger charge is -2.12. The van der Waals surface area contributed by atoms with Crippen molar-refractivity contribution >= 4 is 35.3 Å². The second-order valence-electron chi connectivity index (χ2n) is 9.07. The first-order valence-electron chi connectivity index (χ1n) is 12.7. The van der Waals surface area contributed by atoms with Crippen LogP contribution in [0.25, 0.3) is 11.4 Å². The van der Waals surface area contributed by atoms with Gasteiger partial charge in [-0.2, -0.15) is 0 Å². The number of hydrogen-bond donors (Lipinski definition) is 4. The van der Waals surface area contributed by atoms with Gasteiger partial charge in [0, 0.05) is 24.2 Å². The number of carbonyl (C=O) groups is 2. The molecule has 0 aliphatic rings. The molecule has 2 amide bonds. The van der Waals surface area contributed by atoms with Gasteiger partial charge in [-0.15, -0.1) is 20.4 Å². The van der Waals surface area contributed by atoms with E-state index in [4.69, 9.17) is 11.7 Å². The molecule has 14 heteroatoms. The highest BCUT2D eigenvalue weighted by Crippen LogP contribution is 2.25. The second-order valence-corrected chi connectivity index (χ2v) is 11.0. The summed E-state index contributed by atoms with van der Waals surface area (Å²) in [6, 6.07) is 16.2. The fourth-order valence-electron chi connectivity index (χ4n) is 4.07. The largest absolute Gasteiger partial charge is 0.294 e. The van der Waals surface area contributed by atoms with Gasteiger partial charge in [-0.05, 0) is 62.1 Å². The molecule has 0 fully saturated rings. The first-order valence-corrected chi connectivity index (χ1v) is 14.6. The predicted octanol–water partition coefficient (Wildman–Crippen LogP) is 2.19. The van der Waals surface area contributed by atoms with Crippen molar-refractivity contribution in [2.45, 2.75) is 49.8 Å². The van der Waals surface area contributed by atoms with Crippen LogP contribution in [-0.2, 0) is 22.4 Å². The zero-order valence-electron chi connectivity index (χ0n) is 22.3. The predicted molar refractivity (Wildman–Crippen MR) is 155 cm³/mol. The summed E-state index contributed by atoms with van der Waals surface area (Å²) in [7, 11) is 0. The van der Waals surface area contributed by atoms with Crippen molar-refractivity contribution in [1.29, 1.82) is 0 Å². The SMILES string of the molecule is Cc1cccc(-n2c(CCCCc3nnc(SCC(=O)NN)n3-c3cccc(C)c3)nnc2SCC(=O)NN)c1. The van der Waals surface area contributed by atoms with Crippen LogP contribution in [0.1, 0.15) is 35.6 Å². The van der Waals surface area contributed by atoms with E-state index < -0.39 is 0 Å². The molecule has 2 aromatic heterocycles. The number of amides is 2. The van der Waals surface area contributed by atoms with Crippen LogP contribution in [-0.4, -0.2) is 52.8 Å². The minimum absolute atomic E-state index is 0.141. The molecule has 0 spiro atoms. The van der Waals surface area contributed by atoms with E-state index in [9.17, 15) is 9.59 Å². The highest BCUT2D eigenvalue weighted by Gasteiger charge is 2.18. The molecule has 6 N–H and O–H groups in total. The van der Waals surface area contributed by atoms with Crippen LogP contribution in [0.2, 0.25) is 0 Å². The van der Waals surface area contributed by atoms with Gasteiger partial charge in [0.1, 0.15) is 11.6 Å². The maximum atomic E-state index is 11.7. The molecule has 0 aliphatic heterocycles. The molecule has 4 aromatic rings. The molecular formula is C26H32N10O2S2. The molecule has 0 saturated carbocycles. The molecule has 0 bridgehead atoms. The molecule has 0 saturated heterocycles. The molecule has 12 nitrogen and oxygen atoms in total. The van der Waals surface area contributed by atoms with Gasteiger partial charge in [-0.1, -0.05) is 47.8 Å². The second kappa shape index (κ2) is 14.1. The number of unbranched alkanes of at least 4 members (excludes halogenated alkanes) is 1. The number of benzene rings is 2. The van der Waals surface area contributed by atoms with Crippen LogP contribution in [0.3, 0.4) is 0 Å². The topological polar surface area (TPSA) is 172 Å². The number of hydrogen-bond acceptors (Lipinski definition) is 10. The van der Waals surface area contributed by atoms with Crippen molar-refractivity contribution in [2.75, 3.05) is 11.5 Å². The highest BCUT2D eigenvalue weighted by atomic mass is 32.2. The molecule has 0 unspecified atom stereocenters. The Bertz CT molecular complexity index is 1360. The average Bonchev–Trinajstić information content (AvgIpc) is 3.56. The summed E-state index contributed by atoms with van der Waals surface area (Å²) in [4.78, 5) is 23.5. The summed E-state index contributed by atoms with van der Waals surface area (Å²) in [6.07, 6.45) is 3.02. The van der Waals surface area contributed by atoms with Gasteiger partial charge in [0.25, 0.3) is 0 Å². The molecule has 210 valence electrons. The van der Waals surface area contributed by atoms with E-state index in [1.807, 2.05) is 59.4 Å². The van der Waals surface area contributed by atoms with Crippen LogP contribution in [0.15, 0.2) is 58.8 Å². The first kappa shape index (κ1) is 29.3. The van der Waals surface area contributed by atoms with Crippen molar-refractivity contribution in [2.24, 2.45) is 11.7 Å². The number of carbonyl (C=O) groups excluding carboxylic acids is 2. The number of aryl methyl sites for hydroxylation is 4. The van der Waals surface area contributed by atoms with Gasteiger partial charge in [-0.25, -0.2) is 11.7 Å². The zero-order valence-corrected chi connectivity index (χ0v) is 24.0. The maximum absolute atomic E-state index is 11.7. The van der Waals surface area contributed by atoms with Gasteiger partial charge in [0.05, 0.1) is 11.5 Å². The monoisotopic (exact) mass is 580 g/mol. The maximum Gasteiger partial charge on any atom is 0.244 e. The van der Waals surface area contributed by atoms with Gasteiger partial charge < -0.3 is 0 Å². The third-order valence-corrected chi connectivity index (χ3v) is 7.82. The normalized spacial score (nSPS) is 11.0. The number of rotatable bonds is 13. The quantitative estimate of drug-likeness (QED) is 0.0604. The Labute approximate surface area is 240 Å². The van der Waals surface area contributed by atoms with Gasteiger partial charge >= 0.3 is 0 Å². The van der Waals surface area contributed by atoms with Crippen molar-refractivity contribution in [3.8, 4) is 11.4 Å². The lowest BCUT2D eigenvalue weighted by molar-refractivity contribution is -0.119. The number of hydrazine groups is 2. The van der Waals surface area contributed by atoms with E-state index in [1.54, 1.807) is 0 Å². The minimum atomic E-state index is -0.288. The number of aromatic nitrogens is 6. The van der Waals surface area contributed by atoms with Crippen LogP contribution in [0.5, 0.6) is 0 Å². The van der Waals surface area contributed by atoms with Crippen LogP contribution in [0, 0.1) is 13.8 Å². The lowest BCUT2D eigenvalue weighted by Crippen LogP contribution is -2.31. The number of nitrogens with one attached hydrogen (secondary N) is 2. The van der Waals surface area contributed by atoms with E-state index in [0.29, 0.717) is 23.2 Å². The average molecular weight is 581 g/mol. The van der Waals surface area contributed by atoms with E-state index in [2.05, 4.69) is 43.4 Å². The summed E-state index contributed by atoms with van der Waals surface area (Å²) >= 11 is 2.57. The van der Waals surface area contributed by atoms with Crippen LogP contribution < -0.4 is 22.5 Å². The highest BCUT2D eigenvalue weighted by molar-refractivity contribution is 8.00. The Balaban J connectivity index is 1.49. The Morgan fingerprint density at radius 2 is 1.15 bits per heavy atom. The van der Waals surface area contributed by atoms with Crippen molar-refractivity contribution in [1.82, 2.24) is 40.4 Å². The minimum Gasteiger partial charge on any atom is -0.294 e. The number of nitrogens with two attached hydrogens (primary N) is 2. The van der Waals surface area contributed by atoms with E-state index >= 15 is 0 Å². The van der Waals surface area contributed by atoms with Crippen molar-refractivity contribution < 1.29 is 9.59 Å². The van der Waals surface area contributed by atoms with E-state index in [0.717, 1.165) is 47.0 Å². The van der Waals surface area contributed by atoms with E-state index in [-0.39, 0.29) is 23.3 Å². The fourth-order valence-corrected chi connectivity index (χ4v) is 5.64. The number of nitrogens with zero attached hydrogens (tertiary/aromatic N) is 6. The smallest absolute Gasteiger partial charge is 0.244 e. The standard InChI is InChI=1S/C26H32N10O2S2/c1-17-7-5-9-19(13-17)35-21(31-33-25(35)39-15-23(37)29-27)11-3-4-12-22-32-34-26(40-16-24(38)30-28)36(22)20-10-6-8-18(2)14-20/h5-10,13-14H,3-4,11-12,15-16,27-28H2,1-2H3,(H,29,37)(H,30,38). The lowest BCUT2D eigenvalue weighted by atomic mass is 10.1. The van der Waals surface area contributed by atoms with Crippen LogP contribution in [0.4, 0.5) is 0 Å². The summed E-state index contributed by atoms with van der Waals surface area (Å²) in [5.74, 6) is 11.8. The molecule has 4 rings (SSSR count). The zero-order chi connectivity index (χ0) is 28.5. The van der Waals surface area contributed by atoms with E-state index in [1.165, 1.54) is 23.5 Å². The van der Waals surface area contributed by atoms with Crippen LogP contribution >= 0.6 is 23.5 Å². The molecule has 40 heavy (non-hydrogen) atoms. The Kier molecular flexibility index (Phi) is 10.3. The Morgan fingerprint density at radius 3 is 1.52 bits per heavy atom. The summed E-state index contributed by atoms with van der Waals surface area (Å²) in [5.41, 5.74) is 8.41. The van der Waals surface area contributed by atoms with Gasteiger partial charge in [0.15, 0.2) is 10.3 Å². The van der Waals surface area contributed by atoms with Gasteiger partial charge in [-0.3, -0.25) is 29.6 Å². The third-order valence-electron chi connectivity index (χ3n) is 5.96. The van der Waals surface area contributed by atoms with Crippen molar-refractivity contribution in [3.63, 3.8) is 0 Å². The van der Waals surface area contributed by atoms with Gasteiger partial charge in [0.2, 0.25) is 11.8 Å².